The van der Waals surface area contributed by atoms with Gasteiger partial charge in [0.1, 0.15) is 0 Å². The standard InChI is InChI=1S/C16H13BrN2O3/c1-10(11-4-2-5-12(17)8-11)18-16(20)13-9-15(22-19-13)14-6-3-7-21-14/h2-10H,1H3,(H,18,20). The van der Waals surface area contributed by atoms with E-state index in [2.05, 4.69) is 26.4 Å². The first-order chi connectivity index (χ1) is 10.6. The predicted molar refractivity (Wildman–Crippen MR) is 84.2 cm³/mol. The fourth-order valence-corrected chi connectivity index (χ4v) is 2.46. The molecule has 0 radical (unpaired) electrons. The molecule has 22 heavy (non-hydrogen) atoms. The molecule has 2 heterocycles. The number of benzene rings is 1. The maximum Gasteiger partial charge on any atom is 0.273 e. The van der Waals surface area contributed by atoms with Gasteiger partial charge in [-0.15, -0.1) is 0 Å². The summed E-state index contributed by atoms with van der Waals surface area (Å²) < 4.78 is 11.3. The smallest absolute Gasteiger partial charge is 0.273 e. The van der Waals surface area contributed by atoms with Crippen LogP contribution in [0, 0.1) is 0 Å². The van der Waals surface area contributed by atoms with E-state index in [1.165, 1.54) is 6.26 Å². The third-order valence-corrected chi connectivity index (χ3v) is 3.70. The number of hydrogen-bond donors (Lipinski definition) is 1. The van der Waals surface area contributed by atoms with E-state index in [-0.39, 0.29) is 17.6 Å². The van der Waals surface area contributed by atoms with E-state index in [4.69, 9.17) is 8.94 Å². The Kier molecular flexibility index (Phi) is 4.11. The van der Waals surface area contributed by atoms with Crippen molar-refractivity contribution in [3.8, 4) is 11.5 Å². The van der Waals surface area contributed by atoms with E-state index >= 15 is 0 Å². The summed E-state index contributed by atoms with van der Waals surface area (Å²) in [5, 5.41) is 6.67. The molecular formula is C16H13BrN2O3. The second-order valence-electron chi connectivity index (χ2n) is 4.80. The van der Waals surface area contributed by atoms with Crippen LogP contribution in [-0.4, -0.2) is 11.1 Å². The van der Waals surface area contributed by atoms with E-state index < -0.39 is 0 Å². The molecule has 0 saturated carbocycles. The Morgan fingerprint density at radius 1 is 1.23 bits per heavy atom. The molecule has 0 fully saturated rings. The van der Waals surface area contributed by atoms with Gasteiger partial charge < -0.3 is 14.3 Å². The van der Waals surface area contributed by atoms with Gasteiger partial charge in [-0.1, -0.05) is 33.2 Å². The Morgan fingerprint density at radius 3 is 2.82 bits per heavy atom. The molecule has 5 nitrogen and oxygen atoms in total. The van der Waals surface area contributed by atoms with Gasteiger partial charge in [0.25, 0.3) is 5.91 Å². The highest BCUT2D eigenvalue weighted by molar-refractivity contribution is 9.10. The summed E-state index contributed by atoms with van der Waals surface area (Å²) >= 11 is 3.42. The third kappa shape index (κ3) is 3.12. The van der Waals surface area contributed by atoms with Gasteiger partial charge in [-0.3, -0.25) is 4.79 Å². The number of carbonyl (C=O) groups excluding carboxylic acids is 1. The molecule has 1 unspecified atom stereocenters. The van der Waals surface area contributed by atoms with Crippen molar-refractivity contribution in [1.82, 2.24) is 10.5 Å². The number of aromatic nitrogens is 1. The van der Waals surface area contributed by atoms with Crippen LogP contribution in [0.5, 0.6) is 0 Å². The molecule has 0 saturated heterocycles. The molecule has 1 amide bonds. The van der Waals surface area contributed by atoms with Crippen molar-refractivity contribution in [2.45, 2.75) is 13.0 Å². The quantitative estimate of drug-likeness (QED) is 0.757. The first-order valence-electron chi connectivity index (χ1n) is 6.70. The summed E-state index contributed by atoms with van der Waals surface area (Å²) in [6, 6.07) is 12.7. The number of carbonyl (C=O) groups is 1. The highest BCUT2D eigenvalue weighted by atomic mass is 79.9. The normalized spacial score (nSPS) is 12.1. The molecule has 3 aromatic rings. The number of hydrogen-bond acceptors (Lipinski definition) is 4. The van der Waals surface area contributed by atoms with E-state index in [0.717, 1.165) is 10.0 Å². The molecule has 0 aliphatic carbocycles. The zero-order valence-corrected chi connectivity index (χ0v) is 13.3. The van der Waals surface area contributed by atoms with Crippen LogP contribution in [0.2, 0.25) is 0 Å². The van der Waals surface area contributed by atoms with Gasteiger partial charge in [-0.2, -0.15) is 0 Å². The van der Waals surface area contributed by atoms with Crippen molar-refractivity contribution in [2.75, 3.05) is 0 Å². The second kappa shape index (κ2) is 6.19. The van der Waals surface area contributed by atoms with Crippen LogP contribution in [0.15, 0.2) is 62.1 Å². The Labute approximate surface area is 135 Å². The van der Waals surface area contributed by atoms with Crippen LogP contribution >= 0.6 is 15.9 Å². The monoisotopic (exact) mass is 360 g/mol. The van der Waals surface area contributed by atoms with Gasteiger partial charge in [0.05, 0.1) is 12.3 Å². The van der Waals surface area contributed by atoms with E-state index in [0.29, 0.717) is 11.5 Å². The second-order valence-corrected chi connectivity index (χ2v) is 5.72. The third-order valence-electron chi connectivity index (χ3n) is 3.20. The highest BCUT2D eigenvalue weighted by Crippen LogP contribution is 2.21. The summed E-state index contributed by atoms with van der Waals surface area (Å²) in [6.45, 7) is 1.91. The lowest BCUT2D eigenvalue weighted by Gasteiger charge is -2.13. The van der Waals surface area contributed by atoms with Crippen molar-refractivity contribution in [1.29, 1.82) is 0 Å². The molecule has 0 spiro atoms. The van der Waals surface area contributed by atoms with Crippen LogP contribution < -0.4 is 5.32 Å². The average molecular weight is 361 g/mol. The van der Waals surface area contributed by atoms with Gasteiger partial charge in [-0.05, 0) is 36.8 Å². The molecule has 0 bridgehead atoms. The Bertz CT molecular complexity index is 780. The van der Waals surface area contributed by atoms with Gasteiger partial charge >= 0.3 is 0 Å². The number of nitrogens with one attached hydrogen (secondary N) is 1. The summed E-state index contributed by atoms with van der Waals surface area (Å²) in [5.41, 5.74) is 1.21. The largest absolute Gasteiger partial charge is 0.461 e. The minimum absolute atomic E-state index is 0.145. The van der Waals surface area contributed by atoms with Crippen molar-refractivity contribution in [3.63, 3.8) is 0 Å². The van der Waals surface area contributed by atoms with Crippen LogP contribution in [0.3, 0.4) is 0 Å². The first kappa shape index (κ1) is 14.6. The topological polar surface area (TPSA) is 68.3 Å². The summed E-state index contributed by atoms with van der Waals surface area (Å²) in [7, 11) is 0. The zero-order chi connectivity index (χ0) is 15.5. The molecule has 1 N–H and O–H groups in total. The summed E-state index contributed by atoms with van der Waals surface area (Å²) in [4.78, 5) is 12.2. The lowest BCUT2D eigenvalue weighted by atomic mass is 10.1. The predicted octanol–water partition coefficient (Wildman–Crippen LogP) is 4.19. The zero-order valence-electron chi connectivity index (χ0n) is 11.7. The van der Waals surface area contributed by atoms with Crippen molar-refractivity contribution in [2.24, 2.45) is 0 Å². The molecular weight excluding hydrogens is 348 g/mol. The van der Waals surface area contributed by atoms with Gasteiger partial charge in [0.2, 0.25) is 5.76 Å². The SMILES string of the molecule is CC(NC(=O)c1cc(-c2ccco2)on1)c1cccc(Br)c1. The van der Waals surface area contributed by atoms with Crippen LogP contribution in [0.1, 0.15) is 29.0 Å². The first-order valence-corrected chi connectivity index (χ1v) is 7.49. The van der Waals surface area contributed by atoms with E-state index in [1.54, 1.807) is 18.2 Å². The minimum atomic E-state index is -0.297. The molecule has 1 atom stereocenters. The Balaban J connectivity index is 1.72. The van der Waals surface area contributed by atoms with E-state index in [9.17, 15) is 4.79 Å². The average Bonchev–Trinajstić information content (AvgIpc) is 3.18. The molecule has 2 aromatic heterocycles. The number of amides is 1. The number of furan rings is 1. The van der Waals surface area contributed by atoms with Gasteiger partial charge in [-0.25, -0.2) is 0 Å². The molecule has 6 heteroatoms. The fourth-order valence-electron chi connectivity index (χ4n) is 2.05. The summed E-state index contributed by atoms with van der Waals surface area (Å²) in [5.74, 6) is 0.658. The highest BCUT2D eigenvalue weighted by Gasteiger charge is 2.17. The maximum atomic E-state index is 12.2. The van der Waals surface area contributed by atoms with Crippen LogP contribution in [-0.2, 0) is 0 Å². The minimum Gasteiger partial charge on any atom is -0.461 e. The molecule has 3 rings (SSSR count). The van der Waals surface area contributed by atoms with Crippen molar-refractivity contribution < 1.29 is 13.7 Å². The van der Waals surface area contributed by atoms with Gasteiger partial charge in [0.15, 0.2) is 11.5 Å². The summed E-state index contributed by atoms with van der Waals surface area (Å²) in [6.07, 6.45) is 1.53. The molecule has 112 valence electrons. The van der Waals surface area contributed by atoms with Crippen LogP contribution in [0.25, 0.3) is 11.5 Å². The molecule has 0 aliphatic heterocycles. The Hall–Kier alpha value is -2.34. The van der Waals surface area contributed by atoms with Crippen molar-refractivity contribution >= 4 is 21.8 Å². The van der Waals surface area contributed by atoms with Crippen LogP contribution in [0.4, 0.5) is 0 Å². The van der Waals surface area contributed by atoms with Crippen molar-refractivity contribution in [3.05, 3.63) is 64.5 Å². The number of halogens is 1. The maximum absolute atomic E-state index is 12.2. The molecule has 1 aromatic carbocycles. The number of rotatable bonds is 4. The van der Waals surface area contributed by atoms with E-state index in [1.807, 2.05) is 31.2 Å². The Morgan fingerprint density at radius 2 is 2.09 bits per heavy atom. The number of nitrogens with zero attached hydrogens (tertiary/aromatic N) is 1. The molecule has 0 aliphatic rings. The van der Waals surface area contributed by atoms with Gasteiger partial charge in [0, 0.05) is 10.5 Å². The lowest BCUT2D eigenvalue weighted by Crippen LogP contribution is -2.26. The lowest BCUT2D eigenvalue weighted by molar-refractivity contribution is 0.0931. The fraction of sp³-hybridized carbons (Fsp3) is 0.125.